The molecule has 7 nitrogen and oxygen atoms in total. The van der Waals surface area contributed by atoms with E-state index in [0.29, 0.717) is 12.8 Å². The molecule has 1 amide bonds. The Kier molecular flexibility index (Phi) is 5.38. The van der Waals surface area contributed by atoms with E-state index in [9.17, 15) is 31.0 Å². The molecule has 0 aliphatic heterocycles. The number of alkyl halides is 5. The van der Waals surface area contributed by atoms with Crippen LogP contribution >= 0.6 is 0 Å². The van der Waals surface area contributed by atoms with Crippen LogP contribution in [0.5, 0.6) is 0 Å². The molecule has 1 spiro atoms. The minimum atomic E-state index is -4.89. The van der Waals surface area contributed by atoms with Gasteiger partial charge in [-0.2, -0.15) is 18.3 Å². The number of nitrogens with one attached hydrogen (secondary N) is 2. The highest BCUT2D eigenvalue weighted by Crippen LogP contribution is 2.66. The predicted molar refractivity (Wildman–Crippen MR) is 120 cm³/mol. The fourth-order valence-corrected chi connectivity index (χ4v) is 6.33. The first-order valence-electron chi connectivity index (χ1n) is 11.6. The van der Waals surface area contributed by atoms with Gasteiger partial charge in [-0.15, -0.1) is 0 Å². The Balaban J connectivity index is 1.54. The first kappa shape index (κ1) is 25.1. The van der Waals surface area contributed by atoms with Gasteiger partial charge < -0.3 is 5.32 Å². The summed E-state index contributed by atoms with van der Waals surface area (Å²) in [6.45, 7) is 1.29. The third kappa shape index (κ3) is 4.61. The maximum absolute atomic E-state index is 14.4. The maximum atomic E-state index is 14.4. The van der Waals surface area contributed by atoms with Gasteiger partial charge in [0.25, 0.3) is 5.91 Å². The molecule has 2 aromatic rings. The van der Waals surface area contributed by atoms with Crippen LogP contribution in [0.2, 0.25) is 0 Å². The van der Waals surface area contributed by atoms with E-state index in [2.05, 4.69) is 15.4 Å². The molecule has 0 bridgehead atoms. The Hall–Kier alpha value is -2.57. The molecule has 0 saturated heterocycles. The van der Waals surface area contributed by atoms with Crippen molar-refractivity contribution in [2.24, 2.45) is 10.8 Å². The number of rotatable bonds is 6. The third-order valence-electron chi connectivity index (χ3n) is 7.47. The minimum Gasteiger partial charge on any atom is -0.320 e. The molecule has 3 fully saturated rings. The third-order valence-corrected chi connectivity index (χ3v) is 8.50. The highest BCUT2D eigenvalue weighted by molar-refractivity contribution is 7.91. The fraction of sp³-hybridized carbons (Fsp3) is 0.609. The van der Waals surface area contributed by atoms with E-state index >= 15 is 0 Å². The molecule has 0 aromatic carbocycles. The van der Waals surface area contributed by atoms with E-state index in [1.807, 2.05) is 0 Å². The number of aromatic nitrogens is 3. The Morgan fingerprint density at radius 1 is 1.28 bits per heavy atom. The molecule has 1 atom stereocenters. The van der Waals surface area contributed by atoms with Crippen LogP contribution < -0.4 is 5.32 Å². The molecule has 196 valence electrons. The van der Waals surface area contributed by atoms with Gasteiger partial charge in [0.1, 0.15) is 16.3 Å². The van der Waals surface area contributed by atoms with Crippen molar-refractivity contribution in [3.63, 3.8) is 0 Å². The molecule has 13 heteroatoms. The number of pyridine rings is 1. The summed E-state index contributed by atoms with van der Waals surface area (Å²) in [5.74, 6) is -4.46. The molecule has 0 radical (unpaired) electrons. The number of amides is 1. The molecular weight excluding hydrogens is 505 g/mol. The average molecular weight is 532 g/mol. The Morgan fingerprint density at radius 3 is 2.44 bits per heavy atom. The van der Waals surface area contributed by atoms with Crippen LogP contribution in [0.4, 0.5) is 27.6 Å². The monoisotopic (exact) mass is 531 g/mol. The number of carbonyl (C=O) groups is 1. The van der Waals surface area contributed by atoms with Crippen molar-refractivity contribution in [2.75, 3.05) is 11.6 Å². The number of hydrogen-bond acceptors (Lipinski definition) is 5. The quantitative estimate of drug-likeness (QED) is 0.469. The number of carbonyl (C=O) groups excluding carboxylic acids is 1. The van der Waals surface area contributed by atoms with E-state index in [-0.39, 0.29) is 28.4 Å². The standard InChI is InChI=1S/C23H26F5N5O2S/c1-20(10-22(24,25)11-20)12-33-18(19(34)31-14-3-6-30-15(7-14)36(2,29)35)16(23(26,27)28)17(32-33)13-8-21(9-13)4-5-21/h3,6-7,13,29H,4-5,8-12H2,1-2H3,(H,30,31,34)/t36-/m0/s1. The highest BCUT2D eigenvalue weighted by Gasteiger charge is 2.57. The van der Waals surface area contributed by atoms with E-state index in [4.69, 9.17) is 4.78 Å². The summed E-state index contributed by atoms with van der Waals surface area (Å²) >= 11 is 0. The minimum absolute atomic E-state index is 0.0104. The lowest BCUT2D eigenvalue weighted by Crippen LogP contribution is -2.47. The first-order chi connectivity index (χ1) is 16.5. The fourth-order valence-electron chi connectivity index (χ4n) is 5.72. The Morgan fingerprint density at radius 2 is 1.92 bits per heavy atom. The van der Waals surface area contributed by atoms with Gasteiger partial charge in [-0.1, -0.05) is 6.92 Å². The van der Waals surface area contributed by atoms with Gasteiger partial charge in [-0.25, -0.2) is 22.8 Å². The summed E-state index contributed by atoms with van der Waals surface area (Å²) in [6, 6.07) is 2.47. The summed E-state index contributed by atoms with van der Waals surface area (Å²) in [5.41, 5.74) is -2.99. The molecule has 2 aromatic heterocycles. The van der Waals surface area contributed by atoms with Crippen LogP contribution in [0, 0.1) is 15.6 Å². The SMILES string of the molecule is CC1(Cn2nc(C3CC4(CC4)C3)c(C(F)(F)F)c2C(=O)Nc2ccnc([S@@](C)(=N)=O)c2)CC(F)(F)C1. The first-order valence-corrected chi connectivity index (χ1v) is 13.5. The molecule has 36 heavy (non-hydrogen) atoms. The van der Waals surface area contributed by atoms with Crippen LogP contribution in [0.1, 0.15) is 73.1 Å². The molecular formula is C23H26F5N5O2S. The molecule has 2 heterocycles. The van der Waals surface area contributed by atoms with Gasteiger partial charge in [-0.3, -0.25) is 9.48 Å². The zero-order chi connectivity index (χ0) is 26.3. The zero-order valence-corrected chi connectivity index (χ0v) is 20.5. The lowest BCUT2D eigenvalue weighted by atomic mass is 9.67. The number of nitrogens with zero attached hydrogens (tertiary/aromatic N) is 3. The van der Waals surface area contributed by atoms with Crippen LogP contribution in [0.3, 0.4) is 0 Å². The van der Waals surface area contributed by atoms with Gasteiger partial charge >= 0.3 is 6.18 Å². The van der Waals surface area contributed by atoms with E-state index < -0.39 is 63.2 Å². The van der Waals surface area contributed by atoms with Crippen molar-refractivity contribution in [1.29, 1.82) is 4.78 Å². The normalized spacial score (nSPS) is 23.4. The Bertz CT molecular complexity index is 1330. The summed E-state index contributed by atoms with van der Waals surface area (Å²) in [7, 11) is -3.24. The Labute approximate surface area is 204 Å². The number of anilines is 1. The average Bonchev–Trinajstić information content (AvgIpc) is 3.39. The molecule has 3 aliphatic rings. The van der Waals surface area contributed by atoms with Gasteiger partial charge in [0.15, 0.2) is 0 Å². The van der Waals surface area contributed by atoms with Crippen LogP contribution in [-0.4, -0.2) is 37.1 Å². The van der Waals surface area contributed by atoms with Crippen molar-refractivity contribution in [2.45, 2.75) is 75.0 Å². The van der Waals surface area contributed by atoms with Crippen molar-refractivity contribution in [3.05, 3.63) is 35.3 Å². The number of halogens is 5. The second-order valence-electron chi connectivity index (χ2n) is 11.1. The number of hydrogen-bond donors (Lipinski definition) is 2. The van der Waals surface area contributed by atoms with Gasteiger partial charge in [0.2, 0.25) is 5.92 Å². The van der Waals surface area contributed by atoms with Gasteiger partial charge in [0.05, 0.1) is 15.4 Å². The van der Waals surface area contributed by atoms with E-state index in [0.717, 1.165) is 23.8 Å². The highest BCUT2D eigenvalue weighted by atomic mass is 32.2. The predicted octanol–water partition coefficient (Wildman–Crippen LogP) is 5.68. The zero-order valence-electron chi connectivity index (χ0n) is 19.7. The van der Waals surface area contributed by atoms with E-state index in [1.165, 1.54) is 18.3 Å². The van der Waals surface area contributed by atoms with E-state index in [1.54, 1.807) is 6.92 Å². The summed E-state index contributed by atoms with van der Waals surface area (Å²) in [4.78, 5) is 17.1. The lowest BCUT2D eigenvalue weighted by molar-refractivity contribution is -0.160. The lowest BCUT2D eigenvalue weighted by Gasteiger charge is -2.44. The maximum Gasteiger partial charge on any atom is 0.420 e. The smallest absolute Gasteiger partial charge is 0.320 e. The summed E-state index contributed by atoms with van der Waals surface area (Å²) in [5, 5.41) is 6.47. The topological polar surface area (TPSA) is 101 Å². The molecule has 0 unspecified atom stereocenters. The van der Waals surface area contributed by atoms with Crippen molar-refractivity contribution < 1.29 is 31.0 Å². The molecule has 2 N–H and O–H groups in total. The second kappa shape index (κ2) is 7.72. The van der Waals surface area contributed by atoms with Crippen LogP contribution in [0.15, 0.2) is 23.4 Å². The van der Waals surface area contributed by atoms with Crippen LogP contribution in [-0.2, 0) is 22.5 Å². The van der Waals surface area contributed by atoms with Gasteiger partial charge in [0, 0.05) is 43.4 Å². The van der Waals surface area contributed by atoms with Crippen molar-refractivity contribution in [3.8, 4) is 0 Å². The van der Waals surface area contributed by atoms with Gasteiger partial charge in [-0.05, 0) is 48.6 Å². The van der Waals surface area contributed by atoms with Crippen molar-refractivity contribution in [1.82, 2.24) is 14.8 Å². The largest absolute Gasteiger partial charge is 0.420 e. The van der Waals surface area contributed by atoms with Crippen LogP contribution in [0.25, 0.3) is 0 Å². The summed E-state index contributed by atoms with van der Waals surface area (Å²) in [6.07, 6.45) is -0.531. The molecule has 5 rings (SSSR count). The molecule has 3 saturated carbocycles. The van der Waals surface area contributed by atoms with Crippen molar-refractivity contribution >= 4 is 21.3 Å². The second-order valence-corrected chi connectivity index (χ2v) is 13.2. The summed E-state index contributed by atoms with van der Waals surface area (Å²) < 4.78 is 91.1. The molecule has 3 aliphatic carbocycles.